The quantitative estimate of drug-likeness (QED) is 0.457. The van der Waals surface area contributed by atoms with Crippen molar-refractivity contribution in [1.29, 1.82) is 0 Å². The molecule has 7 heteroatoms. The van der Waals surface area contributed by atoms with E-state index in [1.807, 2.05) is 0 Å². The van der Waals surface area contributed by atoms with E-state index >= 15 is 0 Å². The Bertz CT molecular complexity index is 466. The molecule has 0 unspecified atom stereocenters. The zero-order valence-electron chi connectivity index (χ0n) is 17.1. The highest BCUT2D eigenvalue weighted by Gasteiger charge is 2.53. The lowest BCUT2D eigenvalue weighted by Crippen LogP contribution is -2.38. The second kappa shape index (κ2) is 9.09. The molecule has 0 aromatic rings. The molecule has 0 aromatic carbocycles. The minimum absolute atomic E-state index is 0.211. The summed E-state index contributed by atoms with van der Waals surface area (Å²) in [6, 6.07) is 0. The predicted molar refractivity (Wildman–Crippen MR) is 105 cm³/mol. The molecule has 3 aliphatic heterocycles. The summed E-state index contributed by atoms with van der Waals surface area (Å²) in [4.78, 5) is 10.9. The van der Waals surface area contributed by atoms with Gasteiger partial charge in [0.1, 0.15) is 5.78 Å². The molecule has 156 valence electrons. The van der Waals surface area contributed by atoms with Gasteiger partial charge in [-0.15, -0.1) is 0 Å². The van der Waals surface area contributed by atoms with Gasteiger partial charge in [-0.3, -0.25) is 4.79 Å². The van der Waals surface area contributed by atoms with Gasteiger partial charge in [-0.05, 0) is 23.7 Å². The lowest BCUT2D eigenvalue weighted by atomic mass is 9.85. The van der Waals surface area contributed by atoms with Crippen LogP contribution < -0.4 is 0 Å². The van der Waals surface area contributed by atoms with E-state index in [0.717, 1.165) is 58.3 Å². The van der Waals surface area contributed by atoms with E-state index in [4.69, 9.17) is 23.7 Å². The van der Waals surface area contributed by atoms with Crippen LogP contribution in [0.1, 0.15) is 51.4 Å². The largest absolute Gasteiger partial charge is 0.370 e. The molecule has 6 nitrogen and oxygen atoms in total. The Morgan fingerprint density at radius 3 is 1.41 bits per heavy atom. The molecule has 0 amide bonds. The van der Waals surface area contributed by atoms with Crippen LogP contribution in [0.25, 0.3) is 0 Å². The molecule has 0 bridgehead atoms. The third kappa shape index (κ3) is 6.15. The van der Waals surface area contributed by atoms with Crippen molar-refractivity contribution in [1.82, 2.24) is 0 Å². The Balaban J connectivity index is 0.000000131. The van der Waals surface area contributed by atoms with Crippen LogP contribution in [0.2, 0.25) is 0 Å². The number of carbonyl (C=O) groups excluding carboxylic acids is 1. The van der Waals surface area contributed by atoms with Crippen LogP contribution in [-0.4, -0.2) is 74.8 Å². The van der Waals surface area contributed by atoms with Gasteiger partial charge >= 0.3 is 0 Å². The van der Waals surface area contributed by atoms with E-state index in [1.54, 1.807) is 0 Å². The van der Waals surface area contributed by atoms with Crippen molar-refractivity contribution in [3.8, 4) is 0 Å². The summed E-state index contributed by atoms with van der Waals surface area (Å²) < 4.78 is 27.6. The van der Waals surface area contributed by atoms with Gasteiger partial charge in [0.15, 0.2) is 11.6 Å². The monoisotopic (exact) mass is 403 g/mol. The van der Waals surface area contributed by atoms with Crippen molar-refractivity contribution in [3.63, 3.8) is 0 Å². The van der Waals surface area contributed by atoms with Gasteiger partial charge in [-0.25, -0.2) is 0 Å². The van der Waals surface area contributed by atoms with E-state index in [-0.39, 0.29) is 17.2 Å². The van der Waals surface area contributed by atoms with E-state index in [2.05, 4.69) is 18.8 Å². The molecular formula is C20H35O6S+. The molecule has 2 aliphatic carbocycles. The van der Waals surface area contributed by atoms with E-state index in [1.165, 1.54) is 0 Å². The third-order valence-corrected chi connectivity index (χ3v) is 5.67. The molecule has 3 spiro atoms. The number of Topliss-reactive ketones (excluding diaryl/α,β-unsaturated/α-hetero) is 1. The summed E-state index contributed by atoms with van der Waals surface area (Å²) in [6.45, 7) is 3.88. The second-order valence-electron chi connectivity index (χ2n) is 8.45. The SMILES string of the molecule is C1COC2(CCC3(CC2)CO3)O1.C[S+](C)C.O=C1CCC2(CC1)OCCO2. The minimum atomic E-state index is -0.367. The number of rotatable bonds is 0. The zero-order chi connectivity index (χ0) is 19.4. The molecule has 3 heterocycles. The van der Waals surface area contributed by atoms with Crippen molar-refractivity contribution in [2.75, 3.05) is 51.8 Å². The smallest absolute Gasteiger partial charge is 0.169 e. The number of epoxide rings is 1. The van der Waals surface area contributed by atoms with Crippen molar-refractivity contribution < 1.29 is 28.5 Å². The fourth-order valence-electron chi connectivity index (χ4n) is 3.96. The Morgan fingerprint density at radius 1 is 0.667 bits per heavy atom. The lowest BCUT2D eigenvalue weighted by molar-refractivity contribution is -0.183. The molecule has 0 radical (unpaired) electrons. The Morgan fingerprint density at radius 2 is 1.04 bits per heavy atom. The summed E-state index contributed by atoms with van der Waals surface area (Å²) in [5.74, 6) is -0.236. The third-order valence-electron chi connectivity index (χ3n) is 5.67. The number of ether oxygens (including phenoxy) is 5. The van der Waals surface area contributed by atoms with E-state index < -0.39 is 0 Å². The summed E-state index contributed by atoms with van der Waals surface area (Å²) in [5.41, 5.74) is 0.251. The Labute approximate surface area is 165 Å². The molecular weight excluding hydrogens is 368 g/mol. The van der Waals surface area contributed by atoms with Crippen molar-refractivity contribution in [2.24, 2.45) is 0 Å². The average Bonchev–Trinajstić information content (AvgIpc) is 3.05. The van der Waals surface area contributed by atoms with Crippen molar-refractivity contribution >= 4 is 16.7 Å². The van der Waals surface area contributed by atoms with Crippen LogP contribution in [0, 0.1) is 0 Å². The number of hydrogen-bond acceptors (Lipinski definition) is 6. The second-order valence-corrected chi connectivity index (χ2v) is 10.9. The van der Waals surface area contributed by atoms with Gasteiger partial charge in [0.2, 0.25) is 0 Å². The van der Waals surface area contributed by atoms with Gasteiger partial charge in [0.25, 0.3) is 0 Å². The highest BCUT2D eigenvalue weighted by Crippen LogP contribution is 2.47. The van der Waals surface area contributed by atoms with Crippen LogP contribution >= 0.6 is 0 Å². The molecule has 27 heavy (non-hydrogen) atoms. The molecule has 0 aromatic heterocycles. The molecule has 5 fully saturated rings. The molecule has 3 saturated heterocycles. The van der Waals surface area contributed by atoms with Crippen LogP contribution in [-0.2, 0) is 39.4 Å². The van der Waals surface area contributed by atoms with Gasteiger partial charge in [0, 0.05) is 38.5 Å². The highest BCUT2D eigenvalue weighted by atomic mass is 32.2. The topological polar surface area (TPSA) is 66.5 Å². The first-order valence-corrected chi connectivity index (χ1v) is 12.5. The molecule has 0 N–H and O–H groups in total. The highest BCUT2D eigenvalue weighted by molar-refractivity contribution is 7.94. The zero-order valence-corrected chi connectivity index (χ0v) is 17.9. The van der Waals surface area contributed by atoms with Crippen LogP contribution in [0.15, 0.2) is 0 Å². The first-order chi connectivity index (χ1) is 12.9. The van der Waals surface area contributed by atoms with Crippen molar-refractivity contribution in [2.45, 2.75) is 68.5 Å². The normalized spacial score (nSPS) is 29.4. The fraction of sp³-hybridized carbons (Fsp3) is 0.950. The average molecular weight is 404 g/mol. The standard InChI is InChI=1S/C9H14O3.C8H12O3.C3H9S/c1-3-9(10-5-6-11-9)4-2-8(1)7-12-8;9-7-1-3-8(4-2-7)10-5-6-11-8;1-4(2)3/h1-7H2;1-6H2;1-3H3/q;;+1. The maximum absolute atomic E-state index is 10.9. The number of hydrogen-bond donors (Lipinski definition) is 0. The molecule has 5 rings (SSSR count). The van der Waals surface area contributed by atoms with Gasteiger partial charge < -0.3 is 23.7 Å². The number of carbonyl (C=O) groups is 1. The molecule has 0 atom stereocenters. The maximum Gasteiger partial charge on any atom is 0.169 e. The summed E-state index contributed by atoms with van der Waals surface area (Å²) in [5, 5.41) is 0. The fourth-order valence-corrected chi connectivity index (χ4v) is 3.96. The van der Waals surface area contributed by atoms with Gasteiger partial charge in [0.05, 0.1) is 57.4 Å². The van der Waals surface area contributed by atoms with E-state index in [0.29, 0.717) is 42.7 Å². The Kier molecular flexibility index (Phi) is 7.25. The first kappa shape index (κ1) is 21.5. The van der Waals surface area contributed by atoms with Crippen LogP contribution in [0.3, 0.4) is 0 Å². The van der Waals surface area contributed by atoms with Crippen LogP contribution in [0.5, 0.6) is 0 Å². The first-order valence-electron chi connectivity index (χ1n) is 10.1. The maximum atomic E-state index is 10.9. The van der Waals surface area contributed by atoms with E-state index in [9.17, 15) is 4.79 Å². The lowest BCUT2D eigenvalue weighted by Gasteiger charge is -2.33. The summed E-state index contributed by atoms with van der Waals surface area (Å²) >= 11 is 0. The Hall–Kier alpha value is -0.180. The van der Waals surface area contributed by atoms with Gasteiger partial charge in [-0.2, -0.15) is 0 Å². The minimum Gasteiger partial charge on any atom is -0.370 e. The molecule has 5 aliphatic rings. The summed E-state index contributed by atoms with van der Waals surface area (Å²) in [7, 11) is 0.639. The number of ketones is 1. The predicted octanol–water partition coefficient (Wildman–Crippen LogP) is 2.44. The van der Waals surface area contributed by atoms with Crippen molar-refractivity contribution in [3.05, 3.63) is 0 Å². The van der Waals surface area contributed by atoms with Crippen LogP contribution in [0.4, 0.5) is 0 Å². The molecule has 2 saturated carbocycles. The van der Waals surface area contributed by atoms with Gasteiger partial charge in [-0.1, -0.05) is 0 Å². The summed E-state index contributed by atoms with van der Waals surface area (Å²) in [6.07, 6.45) is 13.6.